The zero-order valence-electron chi connectivity index (χ0n) is 17.8. The molecule has 0 bridgehead atoms. The van der Waals surface area contributed by atoms with E-state index >= 15 is 0 Å². The first-order valence-corrected chi connectivity index (χ1v) is 10.2. The van der Waals surface area contributed by atoms with E-state index in [0.29, 0.717) is 36.2 Å². The van der Waals surface area contributed by atoms with E-state index in [-0.39, 0.29) is 0 Å². The number of hydrogen-bond acceptors (Lipinski definition) is 2. The van der Waals surface area contributed by atoms with E-state index in [0.717, 1.165) is 35.1 Å². The normalized spacial score (nSPS) is 13.1. The summed E-state index contributed by atoms with van der Waals surface area (Å²) in [5, 5.41) is 20.4. The van der Waals surface area contributed by atoms with Crippen molar-refractivity contribution in [2.45, 2.75) is 65.2 Å². The van der Waals surface area contributed by atoms with Crippen LogP contribution >= 0.6 is 0 Å². The van der Waals surface area contributed by atoms with Gasteiger partial charge in [-0.15, -0.1) is 0 Å². The van der Waals surface area contributed by atoms with Crippen molar-refractivity contribution >= 4 is 0 Å². The average Bonchev–Trinajstić information content (AvgIpc) is 2.63. The number of hydrogen-bond donors (Lipinski definition) is 2. The number of rotatable bonds is 9. The highest BCUT2D eigenvalue weighted by Gasteiger charge is 2.23. The molecule has 0 saturated heterocycles. The lowest BCUT2D eigenvalue weighted by Crippen LogP contribution is -2.11. The van der Waals surface area contributed by atoms with E-state index in [1.165, 1.54) is 11.1 Å². The van der Waals surface area contributed by atoms with Crippen LogP contribution in [0.5, 0.6) is 11.5 Å². The molecule has 0 amide bonds. The van der Waals surface area contributed by atoms with Crippen LogP contribution < -0.4 is 0 Å². The number of phenolic OH excluding ortho intramolecular Hbond substituents is 2. The average molecular weight is 379 g/mol. The van der Waals surface area contributed by atoms with Crippen LogP contribution in [0.4, 0.5) is 0 Å². The molecule has 0 aliphatic heterocycles. The summed E-state index contributed by atoms with van der Waals surface area (Å²) in [5.74, 6) is 1.36. The Morgan fingerprint density at radius 3 is 1.39 bits per heavy atom. The molecule has 0 radical (unpaired) electrons. The molecule has 0 fully saturated rings. The first kappa shape index (κ1) is 21.8. The second-order valence-corrected chi connectivity index (χ2v) is 8.07. The molecule has 2 heteroatoms. The molecule has 0 heterocycles. The van der Waals surface area contributed by atoms with Gasteiger partial charge in [0, 0.05) is 0 Å². The van der Waals surface area contributed by atoms with Crippen molar-refractivity contribution in [3.63, 3.8) is 0 Å². The molecule has 28 heavy (non-hydrogen) atoms. The van der Waals surface area contributed by atoms with Gasteiger partial charge in [-0.1, -0.05) is 62.4 Å². The quantitative estimate of drug-likeness (QED) is 0.460. The van der Waals surface area contributed by atoms with Gasteiger partial charge in [0.25, 0.3) is 0 Å². The van der Waals surface area contributed by atoms with E-state index in [1.807, 2.05) is 38.1 Å². The van der Waals surface area contributed by atoms with E-state index in [2.05, 4.69) is 39.1 Å². The maximum absolute atomic E-state index is 10.2. The van der Waals surface area contributed by atoms with Gasteiger partial charge in [-0.05, 0) is 85.8 Å². The molecule has 2 nitrogen and oxygen atoms in total. The van der Waals surface area contributed by atoms with Crippen molar-refractivity contribution in [1.82, 2.24) is 0 Å². The Morgan fingerprint density at radius 2 is 1.11 bits per heavy atom. The lowest BCUT2D eigenvalue weighted by atomic mass is 9.77. The van der Waals surface area contributed by atoms with Crippen LogP contribution in [-0.4, -0.2) is 10.2 Å². The first-order valence-electron chi connectivity index (χ1n) is 10.2. The highest BCUT2D eigenvalue weighted by atomic mass is 16.3. The lowest BCUT2D eigenvalue weighted by Gasteiger charge is -2.27. The Balaban J connectivity index is 2.44. The largest absolute Gasteiger partial charge is 0.508 e. The van der Waals surface area contributed by atoms with Crippen LogP contribution in [-0.2, 0) is 12.8 Å². The second-order valence-electron chi connectivity index (χ2n) is 8.07. The van der Waals surface area contributed by atoms with E-state index in [4.69, 9.17) is 0 Å². The van der Waals surface area contributed by atoms with E-state index in [9.17, 15) is 10.2 Å². The van der Waals surface area contributed by atoms with E-state index in [1.54, 1.807) is 0 Å². The molecule has 0 unspecified atom stereocenters. The summed E-state index contributed by atoms with van der Waals surface area (Å²) in [6.45, 7) is 16.4. The van der Waals surface area contributed by atoms with Crippen LogP contribution in [0, 0.1) is 0 Å². The van der Waals surface area contributed by atoms with Crippen molar-refractivity contribution in [3.05, 3.63) is 83.0 Å². The molecular weight excluding hydrogens is 344 g/mol. The summed E-state index contributed by atoms with van der Waals surface area (Å²) >= 11 is 0. The second kappa shape index (κ2) is 9.64. The Bertz CT molecular complexity index is 776. The van der Waals surface area contributed by atoms with E-state index < -0.39 is 0 Å². The molecule has 0 aliphatic rings. The fourth-order valence-corrected chi connectivity index (χ4v) is 4.11. The molecule has 2 atom stereocenters. The minimum absolute atomic E-state index is 0.336. The molecule has 0 spiro atoms. The first-order chi connectivity index (χ1) is 13.3. The summed E-state index contributed by atoms with van der Waals surface area (Å²) in [6.07, 6.45) is 3.39. The Morgan fingerprint density at radius 1 is 0.750 bits per heavy atom. The van der Waals surface area contributed by atoms with Crippen LogP contribution in [0.2, 0.25) is 0 Å². The van der Waals surface area contributed by atoms with Gasteiger partial charge in [-0.3, -0.25) is 0 Å². The molecular formula is C26H34O2. The van der Waals surface area contributed by atoms with Gasteiger partial charge < -0.3 is 10.2 Å². The van der Waals surface area contributed by atoms with Crippen LogP contribution in [0.3, 0.4) is 0 Å². The van der Waals surface area contributed by atoms with Crippen molar-refractivity contribution < 1.29 is 10.2 Å². The summed E-state index contributed by atoms with van der Waals surface area (Å²) in [4.78, 5) is 0. The monoisotopic (exact) mass is 378 g/mol. The van der Waals surface area contributed by atoms with Gasteiger partial charge in [-0.2, -0.15) is 0 Å². The number of allylic oxidation sites excluding steroid dienone is 2. The van der Waals surface area contributed by atoms with Crippen molar-refractivity contribution in [2.75, 3.05) is 0 Å². The Labute approximate surface area is 170 Å². The zero-order valence-corrected chi connectivity index (χ0v) is 17.8. The van der Waals surface area contributed by atoms with Gasteiger partial charge in [0.15, 0.2) is 0 Å². The minimum Gasteiger partial charge on any atom is -0.508 e. The van der Waals surface area contributed by atoms with Gasteiger partial charge in [-0.25, -0.2) is 0 Å². The van der Waals surface area contributed by atoms with Gasteiger partial charge >= 0.3 is 0 Å². The number of phenols is 2. The number of benzene rings is 2. The van der Waals surface area contributed by atoms with Crippen molar-refractivity contribution in [1.29, 1.82) is 0 Å². The lowest BCUT2D eigenvalue weighted by molar-refractivity contribution is 0.464. The van der Waals surface area contributed by atoms with Crippen molar-refractivity contribution in [3.8, 4) is 11.5 Å². The molecule has 2 aromatic carbocycles. The molecule has 0 aromatic heterocycles. The predicted molar refractivity (Wildman–Crippen MR) is 119 cm³/mol. The van der Waals surface area contributed by atoms with Gasteiger partial charge in [0.1, 0.15) is 11.5 Å². The zero-order chi connectivity index (χ0) is 20.8. The third kappa shape index (κ3) is 5.28. The smallest absolute Gasteiger partial charge is 0.119 e. The third-order valence-electron chi connectivity index (χ3n) is 5.41. The molecule has 150 valence electrons. The fourth-order valence-electron chi connectivity index (χ4n) is 4.11. The standard InChI is InChI=1S/C26H34O2/c1-7-23(19-9-11-25(27)21(15-19)13-17(3)4)24(8-2)20-10-12-26(28)22(16-20)14-18(5)6/h9-12,15-16,23-24,27-28H,3,5,7-8,13-14H2,1-2,4,6H3/t23-,24-/m1/s1. The molecule has 2 N–H and O–H groups in total. The molecule has 2 rings (SSSR count). The third-order valence-corrected chi connectivity index (χ3v) is 5.41. The molecule has 2 aromatic rings. The highest BCUT2D eigenvalue weighted by Crippen LogP contribution is 2.40. The fraction of sp³-hybridized carbons (Fsp3) is 0.385. The maximum Gasteiger partial charge on any atom is 0.119 e. The van der Waals surface area contributed by atoms with Crippen LogP contribution in [0.1, 0.15) is 74.6 Å². The predicted octanol–water partition coefficient (Wildman–Crippen LogP) is 7.02. The number of aromatic hydroxyl groups is 2. The Hall–Kier alpha value is -2.48. The Kier molecular flexibility index (Phi) is 7.51. The summed E-state index contributed by atoms with van der Waals surface area (Å²) in [6, 6.07) is 12.0. The topological polar surface area (TPSA) is 40.5 Å². The minimum atomic E-state index is 0.336. The SMILES string of the molecule is C=C(C)Cc1cc([C@@H](CC)[C@H](CC)c2ccc(O)c(CC(=C)C)c2)ccc1O. The summed E-state index contributed by atoms with van der Waals surface area (Å²) < 4.78 is 0. The summed E-state index contributed by atoms with van der Waals surface area (Å²) in [5.41, 5.74) is 6.45. The maximum atomic E-state index is 10.2. The van der Waals surface area contributed by atoms with Gasteiger partial charge in [0.05, 0.1) is 0 Å². The van der Waals surface area contributed by atoms with Crippen LogP contribution in [0.25, 0.3) is 0 Å². The summed E-state index contributed by atoms with van der Waals surface area (Å²) in [7, 11) is 0. The van der Waals surface area contributed by atoms with Crippen LogP contribution in [0.15, 0.2) is 60.7 Å². The van der Waals surface area contributed by atoms with Crippen molar-refractivity contribution in [2.24, 2.45) is 0 Å². The van der Waals surface area contributed by atoms with Gasteiger partial charge in [0.2, 0.25) is 0 Å². The molecule has 0 aliphatic carbocycles. The molecule has 0 saturated carbocycles. The highest BCUT2D eigenvalue weighted by molar-refractivity contribution is 5.43.